The molecule has 0 fully saturated rings. The molecule has 126 valence electrons. The summed E-state index contributed by atoms with van der Waals surface area (Å²) in [5.41, 5.74) is 9.91. The van der Waals surface area contributed by atoms with Crippen molar-refractivity contribution in [3.63, 3.8) is 0 Å². The Kier molecular flexibility index (Phi) is 3.72. The maximum atomic E-state index is 4.49. The van der Waals surface area contributed by atoms with Crippen LogP contribution in [0.3, 0.4) is 0 Å². The van der Waals surface area contributed by atoms with Crippen molar-refractivity contribution in [2.45, 2.75) is 13.3 Å². The fourth-order valence-electron chi connectivity index (χ4n) is 3.25. The Labute approximate surface area is 158 Å². The predicted molar refractivity (Wildman–Crippen MR) is 108 cm³/mol. The van der Waals surface area contributed by atoms with Crippen LogP contribution in [0.5, 0.6) is 0 Å². The van der Waals surface area contributed by atoms with Gasteiger partial charge in [0.2, 0.25) is 0 Å². The molecule has 3 aromatic carbocycles. The first-order valence-corrected chi connectivity index (χ1v) is 9.77. The van der Waals surface area contributed by atoms with Crippen LogP contribution in [-0.2, 0) is 6.42 Å². The second-order valence-corrected chi connectivity index (χ2v) is 7.37. The van der Waals surface area contributed by atoms with Crippen molar-refractivity contribution in [3.05, 3.63) is 71.3 Å². The monoisotopic (exact) mass is 374 g/mol. The summed E-state index contributed by atoms with van der Waals surface area (Å²) < 4.78 is 17.7. The summed E-state index contributed by atoms with van der Waals surface area (Å²) >= 11 is 2.54. The summed E-state index contributed by atoms with van der Waals surface area (Å²) in [6.07, 6.45) is 0.852. The molecule has 26 heavy (non-hydrogen) atoms. The standard InChI is InChI=1S/C20H14N4S2/c1-12-5-10-16(20-18(12)22-26-24-20)14-8-6-13(7-9-14)11-15-3-2-4-17-19(15)23-25-21-17/h2-10H,11H2,1H3. The van der Waals surface area contributed by atoms with Crippen LogP contribution in [0.4, 0.5) is 0 Å². The van der Waals surface area contributed by atoms with Gasteiger partial charge < -0.3 is 0 Å². The lowest BCUT2D eigenvalue weighted by Gasteiger charge is -2.07. The van der Waals surface area contributed by atoms with Crippen LogP contribution in [0.15, 0.2) is 54.6 Å². The molecular formula is C20H14N4S2. The molecule has 4 nitrogen and oxygen atoms in total. The highest BCUT2D eigenvalue weighted by atomic mass is 32.1. The van der Waals surface area contributed by atoms with E-state index in [-0.39, 0.29) is 0 Å². The van der Waals surface area contributed by atoms with Crippen LogP contribution in [0.1, 0.15) is 16.7 Å². The first-order valence-electron chi connectivity index (χ1n) is 8.31. The minimum Gasteiger partial charge on any atom is -0.173 e. The molecule has 0 bridgehead atoms. The van der Waals surface area contributed by atoms with Crippen molar-refractivity contribution in [2.24, 2.45) is 0 Å². The molecule has 0 aliphatic rings. The van der Waals surface area contributed by atoms with E-state index >= 15 is 0 Å². The smallest absolute Gasteiger partial charge is 0.112 e. The number of benzene rings is 3. The van der Waals surface area contributed by atoms with Gasteiger partial charge >= 0.3 is 0 Å². The molecule has 5 aromatic rings. The molecule has 0 saturated heterocycles. The van der Waals surface area contributed by atoms with E-state index in [0.29, 0.717) is 0 Å². The third-order valence-corrected chi connectivity index (χ3v) is 5.72. The molecule has 0 amide bonds. The molecular weight excluding hydrogens is 360 g/mol. The molecule has 0 spiro atoms. The fraction of sp³-hybridized carbons (Fsp3) is 0.100. The third-order valence-electron chi connectivity index (χ3n) is 4.65. The average molecular weight is 374 g/mol. The molecule has 6 heteroatoms. The Morgan fingerprint density at radius 1 is 0.731 bits per heavy atom. The van der Waals surface area contributed by atoms with Crippen LogP contribution in [0.25, 0.3) is 33.2 Å². The summed E-state index contributed by atoms with van der Waals surface area (Å²) in [6, 6.07) is 19.1. The largest absolute Gasteiger partial charge is 0.173 e. The zero-order valence-corrected chi connectivity index (χ0v) is 15.6. The highest BCUT2D eigenvalue weighted by Crippen LogP contribution is 2.30. The van der Waals surface area contributed by atoms with Crippen molar-refractivity contribution in [3.8, 4) is 11.1 Å². The van der Waals surface area contributed by atoms with Gasteiger partial charge in [0.15, 0.2) is 0 Å². The zero-order chi connectivity index (χ0) is 17.5. The zero-order valence-electron chi connectivity index (χ0n) is 14.0. The van der Waals surface area contributed by atoms with E-state index in [9.17, 15) is 0 Å². The number of hydrogen-bond donors (Lipinski definition) is 0. The van der Waals surface area contributed by atoms with Gasteiger partial charge in [0.1, 0.15) is 22.1 Å². The van der Waals surface area contributed by atoms with Gasteiger partial charge in [-0.2, -0.15) is 17.5 Å². The van der Waals surface area contributed by atoms with E-state index in [2.05, 4.69) is 66.9 Å². The SMILES string of the molecule is Cc1ccc(-c2ccc(Cc3cccc4nsnc34)cc2)c2nsnc12. The molecule has 0 saturated carbocycles. The Hall–Kier alpha value is -2.70. The molecule has 2 aromatic heterocycles. The van der Waals surface area contributed by atoms with Crippen LogP contribution in [0, 0.1) is 6.92 Å². The number of aromatic nitrogens is 4. The minimum atomic E-state index is 0.852. The highest BCUT2D eigenvalue weighted by Gasteiger charge is 2.10. The first kappa shape index (κ1) is 15.5. The highest BCUT2D eigenvalue weighted by molar-refractivity contribution is 7.00. The van der Waals surface area contributed by atoms with Crippen molar-refractivity contribution < 1.29 is 0 Å². The summed E-state index contributed by atoms with van der Waals surface area (Å²) in [5.74, 6) is 0. The van der Waals surface area contributed by atoms with Crippen molar-refractivity contribution in [1.29, 1.82) is 0 Å². The first-order chi connectivity index (χ1) is 12.8. The second-order valence-electron chi connectivity index (χ2n) is 6.31. The van der Waals surface area contributed by atoms with Crippen molar-refractivity contribution in [2.75, 3.05) is 0 Å². The van der Waals surface area contributed by atoms with Gasteiger partial charge in [-0.1, -0.05) is 48.5 Å². The Morgan fingerprint density at radius 3 is 2.38 bits per heavy atom. The Morgan fingerprint density at radius 2 is 1.50 bits per heavy atom. The van der Waals surface area contributed by atoms with Gasteiger partial charge in [-0.25, -0.2) is 0 Å². The minimum absolute atomic E-state index is 0.852. The lowest BCUT2D eigenvalue weighted by molar-refractivity contribution is 1.21. The number of hydrogen-bond acceptors (Lipinski definition) is 6. The average Bonchev–Trinajstić information content (AvgIpc) is 3.33. The van der Waals surface area contributed by atoms with E-state index in [4.69, 9.17) is 0 Å². The van der Waals surface area contributed by atoms with E-state index in [1.807, 2.05) is 12.1 Å². The molecule has 0 aliphatic heterocycles. The summed E-state index contributed by atoms with van der Waals surface area (Å²) in [6.45, 7) is 2.07. The van der Waals surface area contributed by atoms with Crippen molar-refractivity contribution in [1.82, 2.24) is 17.5 Å². The molecule has 2 heterocycles. The third kappa shape index (κ3) is 2.58. The summed E-state index contributed by atoms with van der Waals surface area (Å²) in [4.78, 5) is 0. The van der Waals surface area contributed by atoms with Crippen LogP contribution in [-0.4, -0.2) is 17.5 Å². The second kappa shape index (κ2) is 6.23. The lowest BCUT2D eigenvalue weighted by atomic mass is 9.98. The van der Waals surface area contributed by atoms with Crippen LogP contribution < -0.4 is 0 Å². The molecule has 0 atom stereocenters. The molecule has 0 unspecified atom stereocenters. The summed E-state index contributed by atoms with van der Waals surface area (Å²) in [5, 5.41) is 0. The molecule has 0 N–H and O–H groups in total. The van der Waals surface area contributed by atoms with Gasteiger partial charge in [0.05, 0.1) is 23.5 Å². The van der Waals surface area contributed by atoms with Gasteiger partial charge in [0, 0.05) is 5.56 Å². The Balaban J connectivity index is 1.50. The van der Waals surface area contributed by atoms with Gasteiger partial charge in [-0.3, -0.25) is 0 Å². The topological polar surface area (TPSA) is 51.6 Å². The molecule has 0 radical (unpaired) electrons. The summed E-state index contributed by atoms with van der Waals surface area (Å²) in [7, 11) is 0. The van der Waals surface area contributed by atoms with E-state index in [1.54, 1.807) is 0 Å². The van der Waals surface area contributed by atoms with Crippen molar-refractivity contribution >= 4 is 45.5 Å². The van der Waals surface area contributed by atoms with Gasteiger partial charge in [-0.15, -0.1) is 0 Å². The molecule has 0 aliphatic carbocycles. The molecule has 5 rings (SSSR count). The maximum absolute atomic E-state index is 4.49. The van der Waals surface area contributed by atoms with E-state index in [1.165, 1.54) is 45.7 Å². The maximum Gasteiger partial charge on any atom is 0.112 e. The van der Waals surface area contributed by atoms with E-state index < -0.39 is 0 Å². The number of rotatable bonds is 3. The number of nitrogens with zero attached hydrogens (tertiary/aromatic N) is 4. The number of aryl methyl sites for hydroxylation is 1. The predicted octanol–water partition coefficient (Wildman–Crippen LogP) is 5.26. The van der Waals surface area contributed by atoms with Gasteiger partial charge in [0.25, 0.3) is 0 Å². The van der Waals surface area contributed by atoms with Gasteiger partial charge in [-0.05, 0) is 41.7 Å². The normalized spacial score (nSPS) is 11.4. The quantitative estimate of drug-likeness (QED) is 0.432. The van der Waals surface area contributed by atoms with E-state index in [0.717, 1.165) is 34.1 Å². The number of fused-ring (bicyclic) bond motifs is 2. The van der Waals surface area contributed by atoms with Crippen LogP contribution in [0.2, 0.25) is 0 Å². The lowest BCUT2D eigenvalue weighted by Crippen LogP contribution is -1.90. The fourth-order valence-corrected chi connectivity index (χ4v) is 4.44. The Bertz CT molecular complexity index is 1220. The van der Waals surface area contributed by atoms with Crippen LogP contribution >= 0.6 is 23.5 Å².